The number of hydrogen-bond acceptors (Lipinski definition) is 1. The van der Waals surface area contributed by atoms with Gasteiger partial charge in [-0.25, -0.2) is 0 Å². The zero-order valence-corrected chi connectivity index (χ0v) is 7.49. The van der Waals surface area contributed by atoms with E-state index in [-0.39, 0.29) is 5.91 Å². The molecule has 1 aromatic heterocycles. The van der Waals surface area contributed by atoms with Gasteiger partial charge in [-0.05, 0) is 18.2 Å². The van der Waals surface area contributed by atoms with Gasteiger partial charge in [0.25, 0.3) is 0 Å². The summed E-state index contributed by atoms with van der Waals surface area (Å²) in [5.41, 5.74) is 0. The molecule has 0 aliphatic carbocycles. The molecule has 1 amide bonds. The molecule has 0 fully saturated rings. The molecule has 1 heterocycles. The van der Waals surface area contributed by atoms with E-state index in [2.05, 4.69) is 23.5 Å². The second-order valence-electron chi connectivity index (χ2n) is 2.12. The predicted molar refractivity (Wildman–Crippen MR) is 54.2 cm³/mol. The van der Waals surface area contributed by atoms with E-state index in [0.29, 0.717) is 6.54 Å². The van der Waals surface area contributed by atoms with E-state index >= 15 is 0 Å². The largest absolute Gasteiger partial charge is 0.368 e. The molecule has 1 rings (SSSR count). The van der Waals surface area contributed by atoms with Crippen molar-refractivity contribution in [3.05, 3.63) is 49.8 Å². The smallest absolute Gasteiger partial charge is 0.243 e. The molecule has 0 bridgehead atoms. The lowest BCUT2D eigenvalue weighted by molar-refractivity contribution is -0.116. The van der Waals surface area contributed by atoms with E-state index in [0.717, 1.165) is 0 Å². The van der Waals surface area contributed by atoms with Crippen molar-refractivity contribution < 1.29 is 4.79 Å². The van der Waals surface area contributed by atoms with Crippen LogP contribution in [-0.4, -0.2) is 17.4 Å². The zero-order chi connectivity index (χ0) is 9.94. The van der Waals surface area contributed by atoms with Crippen molar-refractivity contribution in [2.24, 2.45) is 0 Å². The molecule has 70 valence electrons. The van der Waals surface area contributed by atoms with Gasteiger partial charge < -0.3 is 10.3 Å². The SMILES string of the molecule is C=CCNC(=O)C=C.c1cc[nH]c1. The zero-order valence-electron chi connectivity index (χ0n) is 7.49. The fourth-order valence-electron chi connectivity index (χ4n) is 0.523. The van der Waals surface area contributed by atoms with Crippen LogP contribution in [0.4, 0.5) is 0 Å². The van der Waals surface area contributed by atoms with Gasteiger partial charge in [-0.2, -0.15) is 0 Å². The Kier molecular flexibility index (Phi) is 7.19. The highest BCUT2D eigenvalue weighted by molar-refractivity contribution is 5.86. The molecular formula is C10H14N2O. The quantitative estimate of drug-likeness (QED) is 0.534. The Labute approximate surface area is 78.2 Å². The molecule has 0 saturated heterocycles. The lowest BCUT2D eigenvalue weighted by Gasteiger charge is -1.91. The van der Waals surface area contributed by atoms with E-state index in [4.69, 9.17) is 0 Å². The van der Waals surface area contributed by atoms with Crippen LogP contribution in [0.1, 0.15) is 0 Å². The van der Waals surface area contributed by atoms with Crippen LogP contribution in [0.15, 0.2) is 49.8 Å². The molecule has 0 radical (unpaired) electrons. The number of rotatable bonds is 3. The van der Waals surface area contributed by atoms with Crippen molar-refractivity contribution in [1.29, 1.82) is 0 Å². The number of aromatic nitrogens is 1. The first-order valence-electron chi connectivity index (χ1n) is 3.90. The van der Waals surface area contributed by atoms with Gasteiger partial charge in [-0.1, -0.05) is 12.7 Å². The van der Waals surface area contributed by atoms with E-state index < -0.39 is 0 Å². The minimum Gasteiger partial charge on any atom is -0.368 e. The van der Waals surface area contributed by atoms with E-state index in [1.807, 2.05) is 24.5 Å². The maximum absolute atomic E-state index is 10.3. The van der Waals surface area contributed by atoms with Crippen molar-refractivity contribution in [1.82, 2.24) is 10.3 Å². The second-order valence-corrected chi connectivity index (χ2v) is 2.12. The second kappa shape index (κ2) is 8.33. The summed E-state index contributed by atoms with van der Waals surface area (Å²) in [5, 5.41) is 2.51. The molecule has 3 heteroatoms. The van der Waals surface area contributed by atoms with Crippen LogP contribution in [0.3, 0.4) is 0 Å². The van der Waals surface area contributed by atoms with E-state index in [1.165, 1.54) is 6.08 Å². The molecule has 0 aliphatic rings. The standard InChI is InChI=1S/C6H9NO.C4H5N/c1-3-5-7-6(8)4-2;1-2-4-5-3-1/h3-4H,1-2,5H2,(H,7,8);1-5H. The highest BCUT2D eigenvalue weighted by Crippen LogP contribution is 1.72. The monoisotopic (exact) mass is 178 g/mol. The van der Waals surface area contributed by atoms with Crippen LogP contribution >= 0.6 is 0 Å². The van der Waals surface area contributed by atoms with Crippen LogP contribution in [0.2, 0.25) is 0 Å². The Bertz CT molecular complexity index is 222. The summed E-state index contributed by atoms with van der Waals surface area (Å²) in [6.45, 7) is 7.19. The summed E-state index contributed by atoms with van der Waals surface area (Å²) < 4.78 is 0. The third-order valence-electron chi connectivity index (χ3n) is 1.10. The molecule has 0 spiro atoms. The number of H-pyrrole nitrogens is 1. The summed E-state index contributed by atoms with van der Waals surface area (Å²) in [7, 11) is 0. The Balaban J connectivity index is 0.000000243. The molecule has 2 N–H and O–H groups in total. The van der Waals surface area contributed by atoms with Gasteiger partial charge >= 0.3 is 0 Å². The van der Waals surface area contributed by atoms with E-state index in [9.17, 15) is 4.79 Å². The van der Waals surface area contributed by atoms with Gasteiger partial charge in [0, 0.05) is 18.9 Å². The third-order valence-corrected chi connectivity index (χ3v) is 1.10. The topological polar surface area (TPSA) is 44.9 Å². The molecule has 0 saturated carbocycles. The van der Waals surface area contributed by atoms with Crippen molar-refractivity contribution in [2.75, 3.05) is 6.54 Å². The maximum atomic E-state index is 10.3. The first kappa shape index (κ1) is 11.2. The number of hydrogen-bond donors (Lipinski definition) is 2. The molecule has 0 unspecified atom stereocenters. The van der Waals surface area contributed by atoms with Gasteiger partial charge in [0.1, 0.15) is 0 Å². The Morgan fingerprint density at radius 2 is 2.00 bits per heavy atom. The maximum Gasteiger partial charge on any atom is 0.243 e. The van der Waals surface area contributed by atoms with Crippen LogP contribution in [0.5, 0.6) is 0 Å². The van der Waals surface area contributed by atoms with E-state index in [1.54, 1.807) is 6.08 Å². The molecule has 1 aromatic rings. The summed E-state index contributed by atoms with van der Waals surface area (Å²) in [5.74, 6) is -0.162. The Hall–Kier alpha value is -1.77. The molecule has 0 aliphatic heterocycles. The first-order valence-corrected chi connectivity index (χ1v) is 3.90. The van der Waals surface area contributed by atoms with Crippen LogP contribution < -0.4 is 5.32 Å². The number of amides is 1. The lowest BCUT2D eigenvalue weighted by atomic mass is 10.5. The third kappa shape index (κ3) is 8.13. The predicted octanol–water partition coefficient (Wildman–Crippen LogP) is 1.49. The Morgan fingerprint density at radius 1 is 1.38 bits per heavy atom. The summed E-state index contributed by atoms with van der Waals surface area (Å²) >= 11 is 0. The van der Waals surface area contributed by atoms with Crippen LogP contribution in [-0.2, 0) is 4.79 Å². The summed E-state index contributed by atoms with van der Waals surface area (Å²) in [4.78, 5) is 13.2. The van der Waals surface area contributed by atoms with Crippen LogP contribution in [0.25, 0.3) is 0 Å². The Morgan fingerprint density at radius 3 is 2.31 bits per heavy atom. The van der Waals surface area contributed by atoms with Crippen molar-refractivity contribution in [3.63, 3.8) is 0 Å². The fraction of sp³-hybridized carbons (Fsp3) is 0.100. The van der Waals surface area contributed by atoms with Gasteiger partial charge in [-0.15, -0.1) is 6.58 Å². The average molecular weight is 178 g/mol. The lowest BCUT2D eigenvalue weighted by Crippen LogP contribution is -2.19. The van der Waals surface area contributed by atoms with Gasteiger partial charge in [0.2, 0.25) is 5.91 Å². The average Bonchev–Trinajstić information content (AvgIpc) is 2.72. The fourth-order valence-corrected chi connectivity index (χ4v) is 0.523. The first-order chi connectivity index (χ1) is 6.31. The number of carbonyl (C=O) groups excluding carboxylic acids is 1. The van der Waals surface area contributed by atoms with Crippen molar-refractivity contribution >= 4 is 5.91 Å². The van der Waals surface area contributed by atoms with Crippen LogP contribution in [0, 0.1) is 0 Å². The molecule has 13 heavy (non-hydrogen) atoms. The van der Waals surface area contributed by atoms with Crippen molar-refractivity contribution in [2.45, 2.75) is 0 Å². The molecule has 0 aromatic carbocycles. The molecule has 3 nitrogen and oxygen atoms in total. The van der Waals surface area contributed by atoms with Gasteiger partial charge in [0.15, 0.2) is 0 Å². The van der Waals surface area contributed by atoms with Gasteiger partial charge in [0.05, 0.1) is 0 Å². The molecule has 0 atom stereocenters. The number of carbonyl (C=O) groups is 1. The normalized spacial score (nSPS) is 7.69. The summed E-state index contributed by atoms with van der Waals surface area (Å²) in [6, 6.07) is 3.89. The van der Waals surface area contributed by atoms with Crippen molar-refractivity contribution in [3.8, 4) is 0 Å². The minimum atomic E-state index is -0.162. The highest BCUT2D eigenvalue weighted by Gasteiger charge is 1.85. The minimum absolute atomic E-state index is 0.162. The highest BCUT2D eigenvalue weighted by atomic mass is 16.1. The molecular weight excluding hydrogens is 164 g/mol. The summed E-state index contributed by atoms with van der Waals surface area (Å²) in [6.07, 6.45) is 6.59. The number of nitrogens with one attached hydrogen (secondary N) is 2. The van der Waals surface area contributed by atoms with Gasteiger partial charge in [-0.3, -0.25) is 4.79 Å². The number of aromatic amines is 1.